The summed E-state index contributed by atoms with van der Waals surface area (Å²) in [5.41, 5.74) is 2.00. The van der Waals surface area contributed by atoms with E-state index in [0.717, 1.165) is 6.42 Å². The summed E-state index contributed by atoms with van der Waals surface area (Å²) in [6.07, 6.45) is 1.80. The van der Waals surface area contributed by atoms with Gasteiger partial charge in [-0.3, -0.25) is 0 Å². The van der Waals surface area contributed by atoms with E-state index in [4.69, 9.17) is 11.6 Å². The molecule has 3 atom stereocenters. The van der Waals surface area contributed by atoms with Crippen molar-refractivity contribution in [3.05, 3.63) is 70.5 Å². The number of benzene rings is 2. The van der Waals surface area contributed by atoms with Crippen molar-refractivity contribution in [3.63, 3.8) is 0 Å². The number of alkyl halides is 1. The number of rotatable bonds is 4. The predicted molar refractivity (Wildman–Crippen MR) is 85.1 cm³/mol. The fourth-order valence-electron chi connectivity index (χ4n) is 2.77. The summed E-state index contributed by atoms with van der Waals surface area (Å²) in [5.74, 6) is 0.943. The Morgan fingerprint density at radius 3 is 2.60 bits per heavy atom. The van der Waals surface area contributed by atoms with Crippen LogP contribution < -0.4 is 0 Å². The van der Waals surface area contributed by atoms with Crippen molar-refractivity contribution in [1.82, 2.24) is 0 Å². The van der Waals surface area contributed by atoms with Crippen LogP contribution in [0.2, 0.25) is 5.02 Å². The number of hydrogen-bond donors (Lipinski definition) is 0. The predicted octanol–water partition coefficient (Wildman–Crippen LogP) is 5.59. The van der Waals surface area contributed by atoms with E-state index in [0.29, 0.717) is 28.8 Å². The molecule has 0 heterocycles. The molecule has 0 spiro atoms. The second kappa shape index (κ2) is 5.87. The molecule has 3 heteroatoms. The lowest BCUT2D eigenvalue weighted by atomic mass is 10.0. The highest BCUT2D eigenvalue weighted by molar-refractivity contribution is 9.09. The number of hydrogen-bond acceptors (Lipinski definition) is 0. The van der Waals surface area contributed by atoms with Crippen LogP contribution in [-0.4, -0.2) is 4.83 Å². The lowest BCUT2D eigenvalue weighted by Gasteiger charge is -2.12. The van der Waals surface area contributed by atoms with Crippen LogP contribution in [0.4, 0.5) is 4.39 Å². The van der Waals surface area contributed by atoms with Gasteiger partial charge in [0.1, 0.15) is 5.82 Å². The summed E-state index contributed by atoms with van der Waals surface area (Å²) in [7, 11) is 0. The Labute approximate surface area is 132 Å². The molecule has 1 aliphatic carbocycles. The minimum Gasteiger partial charge on any atom is -0.207 e. The second-order valence-electron chi connectivity index (χ2n) is 5.34. The Bertz CT molecular complexity index is 579. The van der Waals surface area contributed by atoms with E-state index in [1.165, 1.54) is 11.6 Å². The summed E-state index contributed by atoms with van der Waals surface area (Å²) >= 11 is 9.81. The van der Waals surface area contributed by atoms with E-state index in [1.54, 1.807) is 12.1 Å². The minimum atomic E-state index is -0.209. The zero-order chi connectivity index (χ0) is 14.1. The zero-order valence-corrected chi connectivity index (χ0v) is 13.2. The van der Waals surface area contributed by atoms with Crippen molar-refractivity contribution in [1.29, 1.82) is 0 Å². The normalized spacial score (nSPS) is 22.6. The molecule has 2 aromatic carbocycles. The third-order valence-corrected chi connectivity index (χ3v) is 5.35. The maximum Gasteiger partial charge on any atom is 0.127 e. The molecule has 0 bridgehead atoms. The van der Waals surface area contributed by atoms with Crippen LogP contribution in [0.25, 0.3) is 0 Å². The quantitative estimate of drug-likeness (QED) is 0.629. The summed E-state index contributed by atoms with van der Waals surface area (Å²) in [5, 5.41) is 0.520. The molecule has 0 N–H and O–H groups in total. The molecule has 1 saturated carbocycles. The fourth-order valence-corrected chi connectivity index (χ4v) is 3.92. The van der Waals surface area contributed by atoms with E-state index in [9.17, 15) is 4.39 Å². The monoisotopic (exact) mass is 352 g/mol. The molecule has 2 aromatic rings. The first-order valence-corrected chi connectivity index (χ1v) is 8.08. The lowest BCUT2D eigenvalue weighted by Crippen LogP contribution is -2.08. The molecular weight excluding hydrogens is 339 g/mol. The molecule has 3 rings (SSSR count). The van der Waals surface area contributed by atoms with Crippen molar-refractivity contribution in [2.24, 2.45) is 5.92 Å². The first-order valence-electron chi connectivity index (χ1n) is 6.78. The molecule has 0 saturated heterocycles. The Morgan fingerprint density at radius 2 is 1.90 bits per heavy atom. The van der Waals surface area contributed by atoms with Gasteiger partial charge < -0.3 is 0 Å². The maximum absolute atomic E-state index is 13.8. The fraction of sp³-hybridized carbons (Fsp3) is 0.294. The van der Waals surface area contributed by atoms with Crippen LogP contribution in [0, 0.1) is 11.7 Å². The van der Waals surface area contributed by atoms with Gasteiger partial charge in [0.05, 0.1) is 0 Å². The van der Waals surface area contributed by atoms with E-state index in [2.05, 4.69) is 40.2 Å². The highest BCUT2D eigenvalue weighted by Crippen LogP contribution is 2.52. The second-order valence-corrected chi connectivity index (χ2v) is 6.92. The maximum atomic E-state index is 13.8. The Kier molecular flexibility index (Phi) is 4.13. The molecule has 0 amide bonds. The summed E-state index contributed by atoms with van der Waals surface area (Å²) < 4.78 is 13.8. The van der Waals surface area contributed by atoms with Gasteiger partial charge in [0.25, 0.3) is 0 Å². The smallest absolute Gasteiger partial charge is 0.127 e. The third kappa shape index (κ3) is 2.91. The van der Waals surface area contributed by atoms with E-state index < -0.39 is 0 Å². The van der Waals surface area contributed by atoms with Crippen LogP contribution in [0.3, 0.4) is 0 Å². The minimum absolute atomic E-state index is 0.209. The first-order chi connectivity index (χ1) is 9.66. The third-order valence-electron chi connectivity index (χ3n) is 3.99. The van der Waals surface area contributed by atoms with Crippen LogP contribution in [0.5, 0.6) is 0 Å². The first kappa shape index (κ1) is 14.1. The Hall–Kier alpha value is -0.860. The standard InChI is InChI=1S/C17H15BrClF/c18-15(10-14-16(19)7-4-8-17(14)20)13-9-12(13)11-5-2-1-3-6-11/h1-8,12-13,15H,9-10H2. The highest BCUT2D eigenvalue weighted by Gasteiger charge is 2.42. The summed E-state index contributed by atoms with van der Waals surface area (Å²) in [6, 6.07) is 15.4. The van der Waals surface area contributed by atoms with Gasteiger partial charge in [-0.05, 0) is 42.4 Å². The van der Waals surface area contributed by atoms with Crippen molar-refractivity contribution in [3.8, 4) is 0 Å². The van der Waals surface area contributed by atoms with Crippen LogP contribution in [0.1, 0.15) is 23.5 Å². The van der Waals surface area contributed by atoms with E-state index in [-0.39, 0.29) is 10.6 Å². The zero-order valence-electron chi connectivity index (χ0n) is 10.9. The largest absolute Gasteiger partial charge is 0.207 e. The van der Waals surface area contributed by atoms with E-state index in [1.807, 2.05) is 6.07 Å². The van der Waals surface area contributed by atoms with Gasteiger partial charge >= 0.3 is 0 Å². The van der Waals surface area contributed by atoms with Gasteiger partial charge in [-0.1, -0.05) is 63.9 Å². The highest BCUT2D eigenvalue weighted by atomic mass is 79.9. The van der Waals surface area contributed by atoms with Crippen LogP contribution in [0.15, 0.2) is 48.5 Å². The molecular formula is C17H15BrClF. The SMILES string of the molecule is Fc1cccc(Cl)c1CC(Br)C1CC1c1ccccc1. The van der Waals surface area contributed by atoms with Gasteiger partial charge in [-0.2, -0.15) is 0 Å². The Balaban J connectivity index is 1.68. The summed E-state index contributed by atoms with van der Waals surface area (Å²) in [4.78, 5) is 0.266. The molecule has 0 nitrogen and oxygen atoms in total. The molecule has 104 valence electrons. The molecule has 0 aromatic heterocycles. The van der Waals surface area contributed by atoms with Crippen molar-refractivity contribution in [2.75, 3.05) is 0 Å². The average Bonchev–Trinajstić information content (AvgIpc) is 3.24. The molecule has 1 fully saturated rings. The van der Waals surface area contributed by atoms with Crippen molar-refractivity contribution in [2.45, 2.75) is 23.6 Å². The molecule has 0 radical (unpaired) electrons. The molecule has 1 aliphatic rings. The van der Waals surface area contributed by atoms with Gasteiger partial charge in [-0.25, -0.2) is 4.39 Å². The average molecular weight is 354 g/mol. The molecule has 0 aliphatic heterocycles. The van der Waals surface area contributed by atoms with Crippen LogP contribution in [-0.2, 0) is 6.42 Å². The van der Waals surface area contributed by atoms with Crippen molar-refractivity contribution >= 4 is 27.5 Å². The van der Waals surface area contributed by atoms with Gasteiger partial charge in [0.15, 0.2) is 0 Å². The summed E-state index contributed by atoms with van der Waals surface area (Å²) in [6.45, 7) is 0. The molecule has 20 heavy (non-hydrogen) atoms. The van der Waals surface area contributed by atoms with E-state index >= 15 is 0 Å². The van der Waals surface area contributed by atoms with Gasteiger partial charge in [0.2, 0.25) is 0 Å². The molecule has 3 unspecified atom stereocenters. The van der Waals surface area contributed by atoms with Gasteiger partial charge in [-0.15, -0.1) is 0 Å². The van der Waals surface area contributed by atoms with Crippen LogP contribution >= 0.6 is 27.5 Å². The lowest BCUT2D eigenvalue weighted by molar-refractivity contribution is 0.600. The topological polar surface area (TPSA) is 0 Å². The van der Waals surface area contributed by atoms with Gasteiger partial charge in [0, 0.05) is 15.4 Å². The Morgan fingerprint density at radius 1 is 1.15 bits per heavy atom. The van der Waals surface area contributed by atoms with Crippen molar-refractivity contribution < 1.29 is 4.39 Å². The number of halogens is 3.